The molecule has 0 aliphatic heterocycles. The number of hydrogen-bond acceptors (Lipinski definition) is 2. The maximum atomic E-state index is 13.7. The topological polar surface area (TPSA) is 29.3 Å². The molecule has 20 heavy (non-hydrogen) atoms. The number of halogens is 2. The Kier molecular flexibility index (Phi) is 4.82. The Morgan fingerprint density at radius 2 is 1.60 bits per heavy atom. The molecular formula is C16H18F2N2. The summed E-state index contributed by atoms with van der Waals surface area (Å²) < 4.78 is 26.6. The quantitative estimate of drug-likeness (QED) is 0.909. The molecule has 0 spiro atoms. The van der Waals surface area contributed by atoms with Gasteiger partial charge < -0.3 is 5.73 Å². The van der Waals surface area contributed by atoms with Gasteiger partial charge >= 0.3 is 0 Å². The molecule has 0 bridgehead atoms. The van der Waals surface area contributed by atoms with Crippen LogP contribution in [0.4, 0.5) is 8.78 Å². The van der Waals surface area contributed by atoms with Gasteiger partial charge in [-0.3, -0.25) is 4.90 Å². The molecular weight excluding hydrogens is 258 g/mol. The van der Waals surface area contributed by atoms with E-state index in [9.17, 15) is 8.78 Å². The molecule has 0 amide bonds. The first-order valence-corrected chi connectivity index (χ1v) is 6.49. The summed E-state index contributed by atoms with van der Waals surface area (Å²) in [5, 5.41) is 0. The SMILES string of the molecule is CN(Cc1ccc(F)cc1)Cc1cc(CN)ccc1F. The van der Waals surface area contributed by atoms with Gasteiger partial charge in [0.1, 0.15) is 11.6 Å². The minimum absolute atomic E-state index is 0.229. The second-order valence-electron chi connectivity index (χ2n) is 4.93. The smallest absolute Gasteiger partial charge is 0.127 e. The highest BCUT2D eigenvalue weighted by atomic mass is 19.1. The van der Waals surface area contributed by atoms with Gasteiger partial charge in [0.2, 0.25) is 0 Å². The molecule has 2 aromatic rings. The van der Waals surface area contributed by atoms with Gasteiger partial charge in [0.05, 0.1) is 0 Å². The van der Waals surface area contributed by atoms with E-state index in [2.05, 4.69) is 0 Å². The average Bonchev–Trinajstić information content (AvgIpc) is 2.44. The molecule has 0 aliphatic rings. The minimum Gasteiger partial charge on any atom is -0.326 e. The summed E-state index contributed by atoms with van der Waals surface area (Å²) in [7, 11) is 1.90. The average molecular weight is 276 g/mol. The molecule has 0 atom stereocenters. The van der Waals surface area contributed by atoms with E-state index in [1.165, 1.54) is 18.2 Å². The van der Waals surface area contributed by atoms with Crippen molar-refractivity contribution in [1.82, 2.24) is 4.90 Å². The van der Waals surface area contributed by atoms with E-state index in [0.29, 0.717) is 25.2 Å². The van der Waals surface area contributed by atoms with Crippen LogP contribution in [0.15, 0.2) is 42.5 Å². The zero-order valence-electron chi connectivity index (χ0n) is 11.4. The van der Waals surface area contributed by atoms with Crippen LogP contribution >= 0.6 is 0 Å². The van der Waals surface area contributed by atoms with Gasteiger partial charge in [-0.25, -0.2) is 8.78 Å². The zero-order valence-corrected chi connectivity index (χ0v) is 11.4. The van der Waals surface area contributed by atoms with Gasteiger partial charge in [-0.2, -0.15) is 0 Å². The van der Waals surface area contributed by atoms with Gasteiger partial charge in [-0.05, 0) is 36.4 Å². The van der Waals surface area contributed by atoms with Crippen LogP contribution in [0.2, 0.25) is 0 Å². The molecule has 0 saturated carbocycles. The van der Waals surface area contributed by atoms with E-state index < -0.39 is 0 Å². The molecule has 106 valence electrons. The van der Waals surface area contributed by atoms with Crippen LogP contribution in [-0.4, -0.2) is 11.9 Å². The first kappa shape index (κ1) is 14.6. The van der Waals surface area contributed by atoms with Crippen molar-refractivity contribution >= 4 is 0 Å². The fraction of sp³-hybridized carbons (Fsp3) is 0.250. The predicted molar refractivity (Wildman–Crippen MR) is 75.9 cm³/mol. The number of rotatable bonds is 5. The van der Waals surface area contributed by atoms with E-state index >= 15 is 0 Å². The fourth-order valence-electron chi connectivity index (χ4n) is 2.12. The maximum absolute atomic E-state index is 13.7. The van der Waals surface area contributed by atoms with Gasteiger partial charge in [0.15, 0.2) is 0 Å². The van der Waals surface area contributed by atoms with E-state index in [4.69, 9.17) is 5.73 Å². The summed E-state index contributed by atoms with van der Waals surface area (Å²) in [4.78, 5) is 1.98. The lowest BCUT2D eigenvalue weighted by Crippen LogP contribution is -2.18. The molecule has 0 unspecified atom stereocenters. The number of nitrogens with two attached hydrogens (primary N) is 1. The predicted octanol–water partition coefficient (Wildman–Crippen LogP) is 3.06. The number of nitrogens with zero attached hydrogens (tertiary/aromatic N) is 1. The standard InChI is InChI=1S/C16H18F2N2/c1-20(10-12-2-5-15(17)6-3-12)11-14-8-13(9-19)4-7-16(14)18/h2-8H,9-11,19H2,1H3. The molecule has 0 radical (unpaired) electrons. The van der Waals surface area contributed by atoms with Crippen molar-refractivity contribution < 1.29 is 8.78 Å². The summed E-state index contributed by atoms with van der Waals surface area (Å²) in [5.74, 6) is -0.480. The molecule has 0 heterocycles. The molecule has 0 aromatic heterocycles. The number of hydrogen-bond donors (Lipinski definition) is 1. The van der Waals surface area contributed by atoms with Crippen LogP contribution in [0.1, 0.15) is 16.7 Å². The highest BCUT2D eigenvalue weighted by molar-refractivity contribution is 5.25. The molecule has 2 nitrogen and oxygen atoms in total. The van der Waals surface area contributed by atoms with Crippen molar-refractivity contribution in [2.45, 2.75) is 19.6 Å². The van der Waals surface area contributed by atoms with Crippen LogP contribution in [0.3, 0.4) is 0 Å². The van der Waals surface area contributed by atoms with E-state index in [1.54, 1.807) is 24.3 Å². The second-order valence-corrected chi connectivity index (χ2v) is 4.93. The lowest BCUT2D eigenvalue weighted by molar-refractivity contribution is 0.313. The van der Waals surface area contributed by atoms with Gasteiger partial charge in [-0.1, -0.05) is 24.3 Å². The Hall–Kier alpha value is -1.78. The van der Waals surface area contributed by atoms with E-state index in [0.717, 1.165) is 11.1 Å². The summed E-state index contributed by atoms with van der Waals surface area (Å²) >= 11 is 0. The van der Waals surface area contributed by atoms with E-state index in [-0.39, 0.29) is 11.6 Å². The van der Waals surface area contributed by atoms with Gasteiger partial charge in [0, 0.05) is 25.2 Å². The molecule has 0 fully saturated rings. The van der Waals surface area contributed by atoms with Crippen molar-refractivity contribution in [3.05, 3.63) is 70.8 Å². The molecule has 2 rings (SSSR count). The number of benzene rings is 2. The Labute approximate surface area is 117 Å². The molecule has 0 aliphatic carbocycles. The van der Waals surface area contributed by atoms with Crippen LogP contribution in [-0.2, 0) is 19.6 Å². The first-order valence-electron chi connectivity index (χ1n) is 6.49. The molecule has 2 N–H and O–H groups in total. The lowest BCUT2D eigenvalue weighted by atomic mass is 10.1. The zero-order chi connectivity index (χ0) is 14.5. The summed E-state index contributed by atoms with van der Waals surface area (Å²) in [6, 6.07) is 11.3. The Morgan fingerprint density at radius 1 is 0.950 bits per heavy atom. The Bertz CT molecular complexity index is 567. The highest BCUT2D eigenvalue weighted by Crippen LogP contribution is 2.14. The largest absolute Gasteiger partial charge is 0.326 e. The van der Waals surface area contributed by atoms with Crippen molar-refractivity contribution in [3.63, 3.8) is 0 Å². The van der Waals surface area contributed by atoms with Gasteiger partial charge in [-0.15, -0.1) is 0 Å². The Balaban J connectivity index is 2.04. The third-order valence-corrected chi connectivity index (χ3v) is 3.15. The minimum atomic E-state index is -0.252. The first-order chi connectivity index (χ1) is 9.58. The molecule has 0 saturated heterocycles. The van der Waals surface area contributed by atoms with Crippen molar-refractivity contribution in [3.8, 4) is 0 Å². The Morgan fingerprint density at radius 3 is 2.25 bits per heavy atom. The lowest BCUT2D eigenvalue weighted by Gasteiger charge is -2.17. The normalized spacial score (nSPS) is 11.1. The van der Waals surface area contributed by atoms with Gasteiger partial charge in [0.25, 0.3) is 0 Å². The van der Waals surface area contributed by atoms with Crippen LogP contribution < -0.4 is 5.73 Å². The second kappa shape index (κ2) is 6.59. The third kappa shape index (κ3) is 3.85. The van der Waals surface area contributed by atoms with E-state index in [1.807, 2.05) is 11.9 Å². The summed E-state index contributed by atoms with van der Waals surface area (Å²) in [6.45, 7) is 1.51. The summed E-state index contributed by atoms with van der Waals surface area (Å²) in [5.41, 5.74) is 8.09. The van der Waals surface area contributed by atoms with Crippen LogP contribution in [0.25, 0.3) is 0 Å². The molecule has 2 aromatic carbocycles. The third-order valence-electron chi connectivity index (χ3n) is 3.15. The van der Waals surface area contributed by atoms with Crippen LogP contribution in [0.5, 0.6) is 0 Å². The fourth-order valence-corrected chi connectivity index (χ4v) is 2.12. The van der Waals surface area contributed by atoms with Crippen molar-refractivity contribution in [2.75, 3.05) is 7.05 Å². The van der Waals surface area contributed by atoms with Crippen LogP contribution in [0, 0.1) is 11.6 Å². The highest BCUT2D eigenvalue weighted by Gasteiger charge is 2.07. The molecule has 4 heteroatoms. The maximum Gasteiger partial charge on any atom is 0.127 e. The monoisotopic (exact) mass is 276 g/mol. The summed E-state index contributed by atoms with van der Waals surface area (Å²) in [6.07, 6.45) is 0. The van der Waals surface area contributed by atoms with Crippen molar-refractivity contribution in [2.24, 2.45) is 5.73 Å². The van der Waals surface area contributed by atoms with Crippen molar-refractivity contribution in [1.29, 1.82) is 0 Å².